The van der Waals surface area contributed by atoms with E-state index in [-0.39, 0.29) is 15.2 Å². The zero-order valence-corrected chi connectivity index (χ0v) is 6.94. The SMILES string of the molecule is CCC[CH2][AlH][CH2]C=O. The highest BCUT2D eigenvalue weighted by molar-refractivity contribution is 6.39. The maximum Gasteiger partial charge on any atom is 0.247 e. The number of carbonyl (C=O) groups excluding carboxylic acids is 1. The minimum Gasteiger partial charge on any atom is -0.305 e. The summed E-state index contributed by atoms with van der Waals surface area (Å²) >= 11 is 0.0322. The van der Waals surface area contributed by atoms with Gasteiger partial charge in [0.15, 0.2) is 0 Å². The maximum absolute atomic E-state index is 9.80. The predicted octanol–water partition coefficient (Wildman–Crippen LogP) is 1.26. The molecule has 0 amide bonds. The molecule has 1 nitrogen and oxygen atoms in total. The molecule has 0 aliphatic carbocycles. The van der Waals surface area contributed by atoms with Crippen molar-refractivity contribution >= 4 is 21.5 Å². The average molecular weight is 128 g/mol. The average Bonchev–Trinajstić information content (AvgIpc) is 1.81. The van der Waals surface area contributed by atoms with Crippen LogP contribution in [0.1, 0.15) is 19.8 Å². The highest BCUT2D eigenvalue weighted by atomic mass is 27.1. The molecule has 0 saturated heterocycles. The molecular weight excluding hydrogens is 115 g/mol. The van der Waals surface area contributed by atoms with Crippen LogP contribution in [0.15, 0.2) is 0 Å². The van der Waals surface area contributed by atoms with Gasteiger partial charge in [-0.2, -0.15) is 0 Å². The van der Waals surface area contributed by atoms with Crippen LogP contribution in [-0.2, 0) is 4.79 Å². The zero-order valence-electron chi connectivity index (χ0n) is 5.52. The Hall–Kier alpha value is 0.202. The topological polar surface area (TPSA) is 17.1 Å². The lowest BCUT2D eigenvalue weighted by molar-refractivity contribution is -0.106. The minimum atomic E-state index is 0.0322. The van der Waals surface area contributed by atoms with Crippen LogP contribution < -0.4 is 0 Å². The Labute approximate surface area is 57.2 Å². The molecule has 8 heavy (non-hydrogen) atoms. The first-order chi connectivity index (χ1) is 3.91. The summed E-state index contributed by atoms with van der Waals surface area (Å²) in [6.07, 6.45) is 3.67. The second kappa shape index (κ2) is 7.20. The van der Waals surface area contributed by atoms with Crippen molar-refractivity contribution in [2.24, 2.45) is 0 Å². The molecule has 0 aromatic carbocycles. The van der Waals surface area contributed by atoms with Crippen LogP contribution in [0.4, 0.5) is 0 Å². The van der Waals surface area contributed by atoms with Gasteiger partial charge in [0.1, 0.15) is 6.29 Å². The fraction of sp³-hybridized carbons (Fsp3) is 0.833. The summed E-state index contributed by atoms with van der Waals surface area (Å²) in [6, 6.07) is 0. The molecule has 0 aromatic rings. The first-order valence-corrected chi connectivity index (χ1v) is 5.35. The van der Waals surface area contributed by atoms with Crippen LogP contribution in [0.5, 0.6) is 0 Å². The molecule has 0 fully saturated rings. The number of aldehydes is 1. The van der Waals surface area contributed by atoms with Crippen LogP contribution >= 0.6 is 0 Å². The Bertz CT molecular complexity index is 54.5. The fourth-order valence-electron chi connectivity index (χ4n) is 0.654. The molecule has 0 aromatic heterocycles. The third-order valence-corrected chi connectivity index (χ3v) is 2.82. The van der Waals surface area contributed by atoms with E-state index in [0.717, 1.165) is 11.6 Å². The van der Waals surface area contributed by atoms with E-state index in [9.17, 15) is 4.79 Å². The van der Waals surface area contributed by atoms with Gasteiger partial charge in [-0.3, -0.25) is 0 Å². The van der Waals surface area contributed by atoms with Gasteiger partial charge in [0.25, 0.3) is 0 Å². The molecule has 0 N–H and O–H groups in total. The lowest BCUT2D eigenvalue weighted by Gasteiger charge is -1.87. The lowest BCUT2D eigenvalue weighted by Crippen LogP contribution is -1.87. The highest BCUT2D eigenvalue weighted by Gasteiger charge is 1.88. The molecule has 2 heteroatoms. The summed E-state index contributed by atoms with van der Waals surface area (Å²) in [4.78, 5) is 9.80. The van der Waals surface area contributed by atoms with Crippen molar-refractivity contribution in [2.45, 2.75) is 30.3 Å². The Kier molecular flexibility index (Phi) is 7.38. The molecule has 0 saturated carbocycles. The summed E-state index contributed by atoms with van der Waals surface area (Å²) in [6.45, 7) is 2.19. The summed E-state index contributed by atoms with van der Waals surface area (Å²) in [5.41, 5.74) is 0. The number of hydrogen-bond donors (Lipinski definition) is 0. The van der Waals surface area contributed by atoms with Gasteiger partial charge in [-0.25, -0.2) is 0 Å². The third kappa shape index (κ3) is 6.20. The van der Waals surface area contributed by atoms with Crippen molar-refractivity contribution in [1.29, 1.82) is 0 Å². The van der Waals surface area contributed by atoms with Crippen molar-refractivity contribution in [3.63, 3.8) is 0 Å². The number of carbonyl (C=O) groups is 1. The molecule has 0 spiro atoms. The molecule has 46 valence electrons. The van der Waals surface area contributed by atoms with Crippen LogP contribution in [0.3, 0.4) is 0 Å². The second-order valence-electron chi connectivity index (χ2n) is 2.02. The molecule has 0 aliphatic heterocycles. The van der Waals surface area contributed by atoms with E-state index >= 15 is 0 Å². The summed E-state index contributed by atoms with van der Waals surface area (Å²) in [5.74, 6) is 0. The van der Waals surface area contributed by atoms with E-state index in [1.807, 2.05) is 0 Å². The first kappa shape index (κ1) is 8.20. The van der Waals surface area contributed by atoms with Crippen LogP contribution in [-0.4, -0.2) is 21.5 Å². The highest BCUT2D eigenvalue weighted by Crippen LogP contribution is 1.93. The lowest BCUT2D eigenvalue weighted by atomic mass is 10.4. The van der Waals surface area contributed by atoms with Gasteiger partial charge >= 0.3 is 0 Å². The Balaban J connectivity index is 2.62. The number of hydrogen-bond acceptors (Lipinski definition) is 1. The van der Waals surface area contributed by atoms with Gasteiger partial charge in [0.05, 0.1) is 0 Å². The van der Waals surface area contributed by atoms with E-state index in [1.165, 1.54) is 18.1 Å². The van der Waals surface area contributed by atoms with Crippen molar-refractivity contribution in [1.82, 2.24) is 0 Å². The molecule has 0 bridgehead atoms. The van der Waals surface area contributed by atoms with Crippen LogP contribution in [0, 0.1) is 0 Å². The fourth-order valence-corrected chi connectivity index (χ4v) is 1.96. The normalized spacial score (nSPS) is 8.62. The first-order valence-electron chi connectivity index (χ1n) is 3.35. The molecule has 0 aliphatic rings. The van der Waals surface area contributed by atoms with Crippen molar-refractivity contribution in [2.75, 3.05) is 0 Å². The Morgan fingerprint density at radius 1 is 1.62 bits per heavy atom. The van der Waals surface area contributed by atoms with E-state index in [4.69, 9.17) is 0 Å². The molecule has 0 atom stereocenters. The van der Waals surface area contributed by atoms with Crippen molar-refractivity contribution < 1.29 is 4.79 Å². The second-order valence-corrected chi connectivity index (χ2v) is 4.01. The Morgan fingerprint density at radius 3 is 2.88 bits per heavy atom. The molecule has 0 unspecified atom stereocenters. The smallest absolute Gasteiger partial charge is 0.247 e. The van der Waals surface area contributed by atoms with E-state index in [2.05, 4.69) is 6.92 Å². The van der Waals surface area contributed by atoms with Gasteiger partial charge in [0.2, 0.25) is 15.2 Å². The minimum absolute atomic E-state index is 0.0322. The standard InChI is InChI=1S/C4H9.C2H3O.Al.H/c1-3-4-2;1-2-3;;/h1,3-4H2,2H3;2H,1H2;;. The zero-order chi connectivity index (χ0) is 6.24. The quantitative estimate of drug-likeness (QED) is 0.309. The van der Waals surface area contributed by atoms with Gasteiger partial charge in [-0.15, -0.1) is 0 Å². The van der Waals surface area contributed by atoms with Crippen LogP contribution in [0.25, 0.3) is 0 Å². The molecular formula is C6H13AlO. The van der Waals surface area contributed by atoms with Crippen molar-refractivity contribution in [3.8, 4) is 0 Å². The number of rotatable bonds is 5. The third-order valence-electron chi connectivity index (χ3n) is 1.18. The van der Waals surface area contributed by atoms with Gasteiger partial charge in [0, 0.05) is 0 Å². The van der Waals surface area contributed by atoms with Gasteiger partial charge in [-0.1, -0.05) is 25.0 Å². The van der Waals surface area contributed by atoms with E-state index < -0.39 is 0 Å². The largest absolute Gasteiger partial charge is 0.305 e. The van der Waals surface area contributed by atoms with Gasteiger partial charge in [-0.05, 0) is 5.28 Å². The predicted molar refractivity (Wildman–Crippen MR) is 37.7 cm³/mol. The summed E-state index contributed by atoms with van der Waals surface area (Å²) in [7, 11) is 0. The Morgan fingerprint density at radius 2 is 2.38 bits per heavy atom. The molecule has 0 rings (SSSR count). The molecule has 0 heterocycles. The molecule has 0 radical (unpaired) electrons. The monoisotopic (exact) mass is 128 g/mol. The summed E-state index contributed by atoms with van der Waals surface area (Å²) in [5, 5.41) is 2.25. The summed E-state index contributed by atoms with van der Waals surface area (Å²) < 4.78 is 0. The van der Waals surface area contributed by atoms with Crippen LogP contribution in [0.2, 0.25) is 10.6 Å². The van der Waals surface area contributed by atoms with Gasteiger partial charge < -0.3 is 4.79 Å². The van der Waals surface area contributed by atoms with Crippen molar-refractivity contribution in [3.05, 3.63) is 0 Å². The van der Waals surface area contributed by atoms with E-state index in [1.54, 1.807) is 0 Å². The maximum atomic E-state index is 9.80. The van der Waals surface area contributed by atoms with E-state index in [0.29, 0.717) is 0 Å². The number of unbranched alkanes of at least 4 members (excludes halogenated alkanes) is 1.